The molecule has 1 atom stereocenters. The second-order valence-corrected chi connectivity index (χ2v) is 6.06. The van der Waals surface area contributed by atoms with Crippen LogP contribution in [0.15, 0.2) is 6.33 Å². The molecule has 2 rings (SSSR count). The molecule has 19 heavy (non-hydrogen) atoms. The van der Waals surface area contributed by atoms with Crippen LogP contribution < -0.4 is 0 Å². The van der Waals surface area contributed by atoms with E-state index in [0.29, 0.717) is 28.0 Å². The van der Waals surface area contributed by atoms with Crippen LogP contribution in [0, 0.1) is 4.64 Å². The Morgan fingerprint density at radius 1 is 1.58 bits per heavy atom. The van der Waals surface area contributed by atoms with Crippen molar-refractivity contribution in [1.29, 1.82) is 0 Å². The summed E-state index contributed by atoms with van der Waals surface area (Å²) in [6.07, 6.45) is 0.851. The topological polar surface area (TPSA) is 124 Å². The normalized spacial score (nSPS) is 13.8. The van der Waals surface area contributed by atoms with Gasteiger partial charge < -0.3 is 24.5 Å². The molecule has 0 radical (unpaired) electrons. The number of H-pyrrole nitrogens is 2. The Kier molecular flexibility index (Phi) is 4.12. The first kappa shape index (κ1) is 14.3. The van der Waals surface area contributed by atoms with Crippen LogP contribution in [0.4, 0.5) is 0 Å². The number of ether oxygens (including phenoxy) is 1. The minimum Gasteiger partial charge on any atom is -0.365 e. The predicted octanol–water partition coefficient (Wildman–Crippen LogP) is 1.10. The molecule has 2 heterocycles. The summed E-state index contributed by atoms with van der Waals surface area (Å²) in [5, 5.41) is 0. The fourth-order valence-electron chi connectivity index (χ4n) is 1.55. The van der Waals surface area contributed by atoms with E-state index in [1.807, 2.05) is 0 Å². The van der Waals surface area contributed by atoms with Crippen LogP contribution >= 0.6 is 19.8 Å². The van der Waals surface area contributed by atoms with Crippen LogP contribution in [0.5, 0.6) is 0 Å². The van der Waals surface area contributed by atoms with Crippen LogP contribution in [0.25, 0.3) is 11.2 Å². The molecule has 0 aliphatic heterocycles. The van der Waals surface area contributed by atoms with Crippen molar-refractivity contribution in [2.45, 2.75) is 19.4 Å². The molecule has 0 aromatic carbocycles. The first-order valence-electron chi connectivity index (χ1n) is 5.43. The lowest BCUT2D eigenvalue weighted by atomic mass is 10.2. The lowest BCUT2D eigenvalue weighted by Crippen LogP contribution is -2.14. The van der Waals surface area contributed by atoms with Gasteiger partial charge in [-0.3, -0.25) is 4.57 Å². The van der Waals surface area contributed by atoms with E-state index in [2.05, 4.69) is 19.9 Å². The molecule has 0 spiro atoms. The molecule has 104 valence electrons. The van der Waals surface area contributed by atoms with E-state index in [-0.39, 0.29) is 0 Å². The minimum atomic E-state index is -4.15. The van der Waals surface area contributed by atoms with Gasteiger partial charge in [-0.15, -0.1) is 0 Å². The van der Waals surface area contributed by atoms with Crippen LogP contribution in [-0.4, -0.2) is 42.2 Å². The first-order chi connectivity index (χ1) is 8.85. The quantitative estimate of drug-likeness (QED) is 0.481. The molecule has 0 aliphatic carbocycles. The summed E-state index contributed by atoms with van der Waals surface area (Å²) < 4.78 is 16.1. The standard InChI is InChI=1S/C9H13N4O4PS/c1-5(17-4-18(14,15)16)2-6-12-8-7(9(19)13-6)10-3-11-8/h3,5H,2,4H2,1H3,(H2,14,15,16)(H2,10,11,12,13,19). The molecule has 8 nitrogen and oxygen atoms in total. The van der Waals surface area contributed by atoms with Gasteiger partial charge in [-0.1, -0.05) is 12.2 Å². The SMILES string of the molecule is CC(Cc1nc(=S)c2[nH]cnc2[nH]1)OCP(=O)(O)O. The second kappa shape index (κ2) is 5.48. The average molecular weight is 304 g/mol. The van der Waals surface area contributed by atoms with Gasteiger partial charge in [-0.2, -0.15) is 0 Å². The molecule has 0 saturated carbocycles. The molecule has 0 aliphatic rings. The number of fused-ring (bicyclic) bond motifs is 1. The van der Waals surface area contributed by atoms with Crippen LogP contribution in [0.2, 0.25) is 0 Å². The van der Waals surface area contributed by atoms with Gasteiger partial charge in [0.25, 0.3) is 0 Å². The number of aromatic nitrogens is 4. The summed E-state index contributed by atoms with van der Waals surface area (Å²) >= 11 is 5.10. The highest BCUT2D eigenvalue weighted by atomic mass is 32.1. The van der Waals surface area contributed by atoms with Gasteiger partial charge >= 0.3 is 7.60 Å². The van der Waals surface area contributed by atoms with E-state index >= 15 is 0 Å². The zero-order valence-electron chi connectivity index (χ0n) is 10.0. The van der Waals surface area contributed by atoms with Crippen molar-refractivity contribution < 1.29 is 19.1 Å². The third-order valence-electron chi connectivity index (χ3n) is 2.36. The maximum Gasteiger partial charge on any atom is 0.350 e. The highest BCUT2D eigenvalue weighted by Crippen LogP contribution is 2.34. The second-order valence-electron chi connectivity index (χ2n) is 4.09. The van der Waals surface area contributed by atoms with E-state index < -0.39 is 20.0 Å². The van der Waals surface area contributed by atoms with E-state index in [1.165, 1.54) is 6.33 Å². The Hall–Kier alpha value is -1.12. The summed E-state index contributed by atoms with van der Waals surface area (Å²) in [5.41, 5.74) is 1.25. The van der Waals surface area contributed by atoms with Crippen molar-refractivity contribution in [3.05, 3.63) is 16.8 Å². The Bertz CT molecular complexity index is 678. The van der Waals surface area contributed by atoms with Crippen molar-refractivity contribution in [2.24, 2.45) is 0 Å². The van der Waals surface area contributed by atoms with Crippen LogP contribution in [0.3, 0.4) is 0 Å². The molecule has 2 aromatic rings. The fourth-order valence-corrected chi connectivity index (χ4v) is 2.26. The molecular weight excluding hydrogens is 291 g/mol. The summed E-state index contributed by atoms with van der Waals surface area (Å²) in [6, 6.07) is 0. The highest BCUT2D eigenvalue weighted by Gasteiger charge is 2.16. The summed E-state index contributed by atoms with van der Waals surface area (Å²) in [6.45, 7) is 1.70. The number of aromatic amines is 2. The Morgan fingerprint density at radius 2 is 2.32 bits per heavy atom. The molecule has 0 bridgehead atoms. The lowest BCUT2D eigenvalue weighted by molar-refractivity contribution is 0.0873. The van der Waals surface area contributed by atoms with Crippen LogP contribution in [0.1, 0.15) is 12.7 Å². The zero-order chi connectivity index (χ0) is 14.0. The number of imidazole rings is 1. The molecule has 0 amide bonds. The van der Waals surface area contributed by atoms with Gasteiger partial charge in [-0.05, 0) is 6.92 Å². The number of nitrogens with zero attached hydrogens (tertiary/aromatic N) is 2. The van der Waals surface area contributed by atoms with Crippen molar-refractivity contribution >= 4 is 31.0 Å². The van der Waals surface area contributed by atoms with Crippen molar-refractivity contribution in [3.63, 3.8) is 0 Å². The van der Waals surface area contributed by atoms with E-state index in [1.54, 1.807) is 6.92 Å². The molecule has 0 saturated heterocycles. The fraction of sp³-hybridized carbons (Fsp3) is 0.444. The van der Waals surface area contributed by atoms with Gasteiger partial charge in [0.1, 0.15) is 17.7 Å². The number of hydrogen-bond donors (Lipinski definition) is 4. The van der Waals surface area contributed by atoms with E-state index in [9.17, 15) is 4.57 Å². The summed E-state index contributed by atoms with van der Waals surface area (Å²) in [5.74, 6) is 0.558. The van der Waals surface area contributed by atoms with E-state index in [4.69, 9.17) is 26.7 Å². The summed E-state index contributed by atoms with van der Waals surface area (Å²) in [7, 11) is -4.15. The van der Waals surface area contributed by atoms with Crippen molar-refractivity contribution in [2.75, 3.05) is 6.35 Å². The monoisotopic (exact) mass is 304 g/mol. The molecule has 1 unspecified atom stereocenters. The Balaban J connectivity index is 2.08. The zero-order valence-corrected chi connectivity index (χ0v) is 11.7. The summed E-state index contributed by atoms with van der Waals surface area (Å²) in [4.78, 5) is 31.5. The molecule has 10 heteroatoms. The third-order valence-corrected chi connectivity index (χ3v) is 3.14. The minimum absolute atomic E-state index is 0.354. The lowest BCUT2D eigenvalue weighted by Gasteiger charge is -2.13. The average Bonchev–Trinajstić information content (AvgIpc) is 2.74. The van der Waals surface area contributed by atoms with Gasteiger partial charge in [0, 0.05) is 6.42 Å². The Morgan fingerprint density at radius 3 is 3.00 bits per heavy atom. The van der Waals surface area contributed by atoms with Crippen LogP contribution in [-0.2, 0) is 15.7 Å². The Labute approximate surface area is 113 Å². The number of rotatable bonds is 5. The predicted molar refractivity (Wildman–Crippen MR) is 70.2 cm³/mol. The molecule has 4 N–H and O–H groups in total. The largest absolute Gasteiger partial charge is 0.365 e. The van der Waals surface area contributed by atoms with Gasteiger partial charge in [0.05, 0.1) is 12.4 Å². The molecule has 0 fully saturated rings. The van der Waals surface area contributed by atoms with Crippen molar-refractivity contribution in [3.8, 4) is 0 Å². The molecular formula is C9H13N4O4PS. The third kappa shape index (κ3) is 3.92. The number of nitrogens with one attached hydrogen (secondary N) is 2. The van der Waals surface area contributed by atoms with E-state index in [0.717, 1.165) is 0 Å². The highest BCUT2D eigenvalue weighted by molar-refractivity contribution is 7.71. The maximum absolute atomic E-state index is 10.7. The number of hydrogen-bond acceptors (Lipinski definition) is 5. The van der Waals surface area contributed by atoms with Crippen molar-refractivity contribution in [1.82, 2.24) is 19.9 Å². The first-order valence-corrected chi connectivity index (χ1v) is 7.64. The molecule has 2 aromatic heterocycles. The smallest absolute Gasteiger partial charge is 0.350 e. The van der Waals surface area contributed by atoms with Gasteiger partial charge in [0.2, 0.25) is 0 Å². The van der Waals surface area contributed by atoms with Gasteiger partial charge in [0.15, 0.2) is 10.3 Å². The maximum atomic E-state index is 10.7. The van der Waals surface area contributed by atoms with Gasteiger partial charge in [-0.25, -0.2) is 9.97 Å².